The lowest BCUT2D eigenvalue weighted by atomic mass is 10.2. The zero-order valence-electron chi connectivity index (χ0n) is 14.3. The molecule has 0 saturated carbocycles. The van der Waals surface area contributed by atoms with Crippen LogP contribution in [0.1, 0.15) is 5.56 Å². The lowest BCUT2D eigenvalue weighted by molar-refractivity contribution is -0.917. The maximum atomic E-state index is 13.5. The molecule has 27 heavy (non-hydrogen) atoms. The number of hydrogen-bond donors (Lipinski definition) is 1. The van der Waals surface area contributed by atoms with Gasteiger partial charge >= 0.3 is 5.69 Å². The number of hydrogen-bond acceptors (Lipinski definition) is 4. The molecular formula is C17H18ClFN3O4S+. The normalized spacial score (nSPS) is 16.4. The topological polar surface area (TPSA) is 85.0 Å². The van der Waals surface area contributed by atoms with E-state index in [9.17, 15) is 22.9 Å². The number of piperazine rings is 1. The molecule has 1 saturated heterocycles. The van der Waals surface area contributed by atoms with Crippen LogP contribution in [0.15, 0.2) is 47.4 Å². The van der Waals surface area contributed by atoms with Crippen LogP contribution in [-0.2, 0) is 16.6 Å². The van der Waals surface area contributed by atoms with Gasteiger partial charge in [-0.25, -0.2) is 8.42 Å². The van der Waals surface area contributed by atoms with Gasteiger partial charge in [0.05, 0.1) is 36.0 Å². The van der Waals surface area contributed by atoms with Crippen LogP contribution in [-0.4, -0.2) is 43.8 Å². The Morgan fingerprint density at radius 2 is 1.78 bits per heavy atom. The van der Waals surface area contributed by atoms with Crippen LogP contribution < -0.4 is 4.90 Å². The van der Waals surface area contributed by atoms with Gasteiger partial charge in [0.25, 0.3) is 0 Å². The molecular weight excluding hydrogens is 397 g/mol. The lowest BCUT2D eigenvalue weighted by Crippen LogP contribution is -3.13. The predicted molar refractivity (Wildman–Crippen MR) is 97.7 cm³/mol. The molecule has 0 radical (unpaired) electrons. The summed E-state index contributed by atoms with van der Waals surface area (Å²) in [5.74, 6) is -1.06. The van der Waals surface area contributed by atoms with Gasteiger partial charge in [-0.2, -0.15) is 8.70 Å². The molecule has 0 amide bonds. The van der Waals surface area contributed by atoms with E-state index >= 15 is 0 Å². The Bertz CT molecular complexity index is 945. The molecule has 3 rings (SSSR count). The number of nitrogens with zero attached hydrogens (tertiary/aromatic N) is 2. The molecule has 1 heterocycles. The van der Waals surface area contributed by atoms with Crippen molar-refractivity contribution in [3.63, 3.8) is 0 Å². The van der Waals surface area contributed by atoms with E-state index in [1.165, 1.54) is 9.21 Å². The van der Waals surface area contributed by atoms with Gasteiger partial charge in [0.1, 0.15) is 6.54 Å². The van der Waals surface area contributed by atoms with Crippen LogP contribution in [0.4, 0.5) is 10.1 Å². The first-order valence-corrected chi connectivity index (χ1v) is 10.1. The third-order valence-corrected chi connectivity index (χ3v) is 6.70. The van der Waals surface area contributed by atoms with Crippen molar-refractivity contribution in [1.29, 1.82) is 0 Å². The molecule has 7 nitrogen and oxygen atoms in total. The molecule has 0 atom stereocenters. The Hall–Kier alpha value is -2.07. The van der Waals surface area contributed by atoms with Gasteiger partial charge in [0, 0.05) is 16.7 Å². The van der Waals surface area contributed by atoms with E-state index in [0.29, 0.717) is 18.1 Å². The van der Waals surface area contributed by atoms with Gasteiger partial charge in [0.2, 0.25) is 15.8 Å². The second-order valence-corrected chi connectivity index (χ2v) is 8.70. The van der Waals surface area contributed by atoms with Crippen LogP contribution in [0.2, 0.25) is 5.02 Å². The van der Waals surface area contributed by atoms with E-state index in [-0.39, 0.29) is 18.0 Å². The molecule has 2 aromatic carbocycles. The van der Waals surface area contributed by atoms with Crippen LogP contribution in [0.3, 0.4) is 0 Å². The van der Waals surface area contributed by atoms with Crippen molar-refractivity contribution in [2.24, 2.45) is 0 Å². The molecule has 0 unspecified atom stereocenters. The van der Waals surface area contributed by atoms with Crippen molar-refractivity contribution in [2.45, 2.75) is 11.4 Å². The fourth-order valence-corrected chi connectivity index (χ4v) is 4.64. The second kappa shape index (κ2) is 7.89. The highest BCUT2D eigenvalue weighted by Gasteiger charge is 2.32. The first-order valence-electron chi connectivity index (χ1n) is 8.29. The van der Waals surface area contributed by atoms with Crippen molar-refractivity contribution >= 4 is 27.3 Å². The van der Waals surface area contributed by atoms with Crippen molar-refractivity contribution in [3.8, 4) is 0 Å². The van der Waals surface area contributed by atoms with Crippen molar-refractivity contribution in [1.82, 2.24) is 4.31 Å². The van der Waals surface area contributed by atoms with Crippen molar-refractivity contribution < 1.29 is 22.6 Å². The van der Waals surface area contributed by atoms with Gasteiger partial charge < -0.3 is 4.90 Å². The summed E-state index contributed by atoms with van der Waals surface area (Å²) in [5, 5.41) is 11.5. The van der Waals surface area contributed by atoms with Crippen LogP contribution in [0.5, 0.6) is 0 Å². The van der Waals surface area contributed by atoms with Gasteiger partial charge in [-0.05, 0) is 24.3 Å². The second-order valence-electron chi connectivity index (χ2n) is 6.33. The van der Waals surface area contributed by atoms with Crippen molar-refractivity contribution in [3.05, 3.63) is 69.0 Å². The summed E-state index contributed by atoms with van der Waals surface area (Å²) in [6.45, 7) is 2.54. The zero-order chi connectivity index (χ0) is 19.6. The van der Waals surface area contributed by atoms with Gasteiger partial charge in [-0.1, -0.05) is 23.7 Å². The molecule has 0 bridgehead atoms. The first kappa shape index (κ1) is 19.7. The summed E-state index contributed by atoms with van der Waals surface area (Å²) in [6, 6.07) is 10.2. The van der Waals surface area contributed by atoms with E-state index in [1.54, 1.807) is 0 Å². The van der Waals surface area contributed by atoms with Gasteiger partial charge in [-0.3, -0.25) is 10.1 Å². The summed E-state index contributed by atoms with van der Waals surface area (Å²) in [7, 11) is -3.91. The maximum Gasteiger partial charge on any atom is 0.306 e. The predicted octanol–water partition coefficient (Wildman–Crippen LogP) is 1.48. The smallest absolute Gasteiger partial charge is 0.306 e. The van der Waals surface area contributed by atoms with Gasteiger partial charge in [-0.15, -0.1) is 0 Å². The molecule has 1 aliphatic heterocycles. The lowest BCUT2D eigenvalue weighted by Gasteiger charge is -2.31. The Morgan fingerprint density at radius 3 is 2.37 bits per heavy atom. The maximum absolute atomic E-state index is 13.5. The highest BCUT2D eigenvalue weighted by molar-refractivity contribution is 7.89. The Morgan fingerprint density at radius 1 is 1.15 bits per heavy atom. The number of nitro groups is 1. The minimum atomic E-state index is -3.91. The zero-order valence-corrected chi connectivity index (χ0v) is 15.8. The van der Waals surface area contributed by atoms with E-state index in [0.717, 1.165) is 30.3 Å². The molecule has 1 N–H and O–H groups in total. The molecule has 144 valence electrons. The average molecular weight is 415 g/mol. The number of nitro benzene ring substituents is 1. The SMILES string of the molecule is O=[N+]([O-])c1cc(S(=O)(=O)N2CC[NH+](Cc3ccc(Cl)cc3)CC2)ccc1F. The molecule has 0 aromatic heterocycles. The molecule has 2 aromatic rings. The molecule has 10 heteroatoms. The van der Waals surface area contributed by atoms with E-state index in [2.05, 4.69) is 0 Å². The summed E-state index contributed by atoms with van der Waals surface area (Å²) in [5.41, 5.74) is 0.267. The summed E-state index contributed by atoms with van der Waals surface area (Å²) >= 11 is 5.88. The summed E-state index contributed by atoms with van der Waals surface area (Å²) in [4.78, 5) is 10.9. The first-order chi connectivity index (χ1) is 12.8. The Labute approximate surface area is 161 Å². The molecule has 0 spiro atoms. The minimum absolute atomic E-state index is 0.267. The van der Waals surface area contributed by atoms with E-state index in [4.69, 9.17) is 11.6 Å². The Balaban J connectivity index is 1.68. The number of benzene rings is 2. The number of sulfonamides is 1. The largest absolute Gasteiger partial charge is 0.329 e. The molecule has 1 aliphatic rings. The molecule has 0 aliphatic carbocycles. The average Bonchev–Trinajstić information content (AvgIpc) is 2.64. The number of quaternary nitrogens is 1. The molecule has 1 fully saturated rings. The standard InChI is InChI=1S/C17H17ClFN3O4S/c18-14-3-1-13(2-4-14)12-20-7-9-21(10-8-20)27(25,26)15-5-6-16(19)17(11-15)22(23)24/h1-6,11H,7-10,12H2/p+1. The number of rotatable bonds is 5. The fourth-order valence-electron chi connectivity index (χ4n) is 3.05. The number of halogens is 2. The third-order valence-electron chi connectivity index (χ3n) is 4.55. The fraction of sp³-hybridized carbons (Fsp3) is 0.294. The van der Waals surface area contributed by atoms with Crippen LogP contribution in [0, 0.1) is 15.9 Å². The monoisotopic (exact) mass is 414 g/mol. The summed E-state index contributed by atoms with van der Waals surface area (Å²) in [6.07, 6.45) is 0. The van der Waals surface area contributed by atoms with Crippen molar-refractivity contribution in [2.75, 3.05) is 26.2 Å². The van der Waals surface area contributed by atoms with Crippen LogP contribution >= 0.6 is 11.6 Å². The highest BCUT2D eigenvalue weighted by Crippen LogP contribution is 2.24. The van der Waals surface area contributed by atoms with E-state index in [1.807, 2.05) is 24.3 Å². The Kier molecular flexibility index (Phi) is 5.75. The number of nitrogens with one attached hydrogen (secondary N) is 1. The van der Waals surface area contributed by atoms with Crippen LogP contribution in [0.25, 0.3) is 0 Å². The summed E-state index contributed by atoms with van der Waals surface area (Å²) < 4.78 is 40.2. The quantitative estimate of drug-likeness (QED) is 0.593. The minimum Gasteiger partial charge on any atom is -0.329 e. The highest BCUT2D eigenvalue weighted by atomic mass is 35.5. The van der Waals surface area contributed by atoms with E-state index < -0.39 is 26.5 Å². The third kappa shape index (κ3) is 4.44. The van der Waals surface area contributed by atoms with Gasteiger partial charge in [0.15, 0.2) is 0 Å².